The van der Waals surface area contributed by atoms with E-state index in [1.165, 1.54) is 11.7 Å². The van der Waals surface area contributed by atoms with Crippen molar-refractivity contribution < 1.29 is 19.4 Å². The quantitative estimate of drug-likeness (QED) is 0.451. The summed E-state index contributed by atoms with van der Waals surface area (Å²) in [5.74, 6) is -0.00283. The molecule has 1 aromatic heterocycles. The van der Waals surface area contributed by atoms with Crippen LogP contribution >= 0.6 is 0 Å². The normalized spacial score (nSPS) is 20.6. The van der Waals surface area contributed by atoms with Gasteiger partial charge in [0.25, 0.3) is 5.91 Å². The van der Waals surface area contributed by atoms with Crippen LogP contribution in [0.5, 0.6) is 0 Å². The highest BCUT2D eigenvalue weighted by atomic mass is 16.5. The van der Waals surface area contributed by atoms with Gasteiger partial charge in [-0.2, -0.15) is 5.10 Å². The monoisotopic (exact) mass is 477 g/mol. The lowest BCUT2D eigenvalue weighted by molar-refractivity contribution is -0.0730. The van der Waals surface area contributed by atoms with Gasteiger partial charge in [0.2, 0.25) is 0 Å². The fraction of sp³-hybridized carbons (Fsp3) is 0.346. The topological polar surface area (TPSA) is 118 Å². The first kappa shape index (κ1) is 24.4. The number of nitrogens with one attached hydrogen (secondary N) is 3. The fourth-order valence-corrected chi connectivity index (χ4v) is 4.91. The molecule has 0 saturated carbocycles. The summed E-state index contributed by atoms with van der Waals surface area (Å²) < 4.78 is 7.18. The average Bonchev–Trinajstić information content (AvgIpc) is 3.18. The lowest BCUT2D eigenvalue weighted by Crippen LogP contribution is -2.55. The number of fused-ring (bicyclic) bond motifs is 1. The Bertz CT molecular complexity index is 1240. The van der Waals surface area contributed by atoms with Gasteiger partial charge in [0, 0.05) is 25.1 Å². The number of aliphatic hydroxyl groups excluding tert-OH is 1. The van der Waals surface area contributed by atoms with Crippen molar-refractivity contribution >= 4 is 17.8 Å². The van der Waals surface area contributed by atoms with Crippen molar-refractivity contribution in [1.82, 2.24) is 20.4 Å². The van der Waals surface area contributed by atoms with Crippen molar-refractivity contribution in [3.05, 3.63) is 77.0 Å². The van der Waals surface area contributed by atoms with Crippen molar-refractivity contribution in [2.75, 3.05) is 19.5 Å². The van der Waals surface area contributed by atoms with Gasteiger partial charge in [-0.05, 0) is 30.2 Å². The summed E-state index contributed by atoms with van der Waals surface area (Å²) >= 11 is 0. The second-order valence-corrected chi connectivity index (χ2v) is 9.18. The van der Waals surface area contributed by atoms with Crippen LogP contribution in [0.15, 0.2) is 54.6 Å². The molecule has 4 rings (SSSR count). The number of amides is 3. The van der Waals surface area contributed by atoms with Crippen LogP contribution in [0.3, 0.4) is 0 Å². The molecular formula is C26H31N5O4. The van der Waals surface area contributed by atoms with Crippen LogP contribution in [-0.4, -0.2) is 53.2 Å². The number of benzene rings is 2. The first-order valence-electron chi connectivity index (χ1n) is 11.5. The second-order valence-electron chi connectivity index (χ2n) is 9.18. The van der Waals surface area contributed by atoms with Crippen LogP contribution in [0.25, 0.3) is 5.69 Å². The number of hydrogen-bond acceptors (Lipinski definition) is 5. The van der Waals surface area contributed by atoms with Gasteiger partial charge in [0.05, 0.1) is 17.8 Å². The molecule has 0 aliphatic heterocycles. The van der Waals surface area contributed by atoms with E-state index in [4.69, 9.17) is 4.74 Å². The number of aromatic nitrogens is 2. The maximum absolute atomic E-state index is 13.3. The number of urea groups is 1. The number of aliphatic hydroxyl groups is 1. The molecule has 3 amide bonds. The maximum Gasteiger partial charge on any atom is 0.320 e. The van der Waals surface area contributed by atoms with Crippen molar-refractivity contribution in [3.63, 3.8) is 0 Å². The first-order valence-corrected chi connectivity index (χ1v) is 11.5. The molecule has 4 N–H and O–H groups in total. The van der Waals surface area contributed by atoms with Crippen LogP contribution in [0, 0.1) is 6.92 Å². The Morgan fingerprint density at radius 2 is 1.74 bits per heavy atom. The van der Waals surface area contributed by atoms with Gasteiger partial charge in [-0.25, -0.2) is 9.48 Å². The number of ether oxygens (including phenoxy) is 1. The standard InChI is InChI=1S/C26H31N5O4/c1-15-19(24(33)27-4)30-31(16-11-7-6-8-12-16)23(15)29-25(34)28-20-17-13-9-10-14-18(17)26(2,3)22(35-5)21(20)32/h6-14,20-22,32H,1-5H3,(H,27,33)(H2,28,29,34). The van der Waals surface area contributed by atoms with Gasteiger partial charge in [-0.1, -0.05) is 56.3 Å². The van der Waals surface area contributed by atoms with Gasteiger partial charge >= 0.3 is 6.03 Å². The minimum Gasteiger partial charge on any atom is -0.388 e. The van der Waals surface area contributed by atoms with Crippen molar-refractivity contribution in [1.29, 1.82) is 0 Å². The van der Waals surface area contributed by atoms with Crippen LogP contribution in [-0.2, 0) is 10.2 Å². The molecule has 1 aliphatic rings. The summed E-state index contributed by atoms with van der Waals surface area (Å²) in [6.45, 7) is 5.75. The number of rotatable bonds is 5. The summed E-state index contributed by atoms with van der Waals surface area (Å²) in [5, 5.41) is 24.0. The molecular weight excluding hydrogens is 446 g/mol. The zero-order chi connectivity index (χ0) is 25.3. The lowest BCUT2D eigenvalue weighted by atomic mass is 9.67. The molecule has 35 heavy (non-hydrogen) atoms. The molecule has 1 heterocycles. The van der Waals surface area contributed by atoms with E-state index in [1.807, 2.05) is 68.4 Å². The van der Waals surface area contributed by atoms with Crippen LogP contribution < -0.4 is 16.0 Å². The number of para-hydroxylation sites is 1. The Morgan fingerprint density at radius 3 is 2.40 bits per heavy atom. The molecule has 184 valence electrons. The predicted octanol–water partition coefficient (Wildman–Crippen LogP) is 3.07. The zero-order valence-electron chi connectivity index (χ0n) is 20.5. The number of carbonyl (C=O) groups excluding carboxylic acids is 2. The van der Waals surface area contributed by atoms with Gasteiger partial charge < -0.3 is 20.5 Å². The van der Waals surface area contributed by atoms with E-state index in [1.54, 1.807) is 14.0 Å². The Hall–Kier alpha value is -3.69. The van der Waals surface area contributed by atoms with Gasteiger partial charge in [0.1, 0.15) is 11.9 Å². The highest BCUT2D eigenvalue weighted by Crippen LogP contribution is 2.43. The molecule has 0 fully saturated rings. The van der Waals surface area contributed by atoms with Crippen LogP contribution in [0.2, 0.25) is 0 Å². The van der Waals surface area contributed by atoms with Crippen molar-refractivity contribution in [2.24, 2.45) is 0 Å². The third-order valence-corrected chi connectivity index (χ3v) is 6.69. The molecule has 0 bridgehead atoms. The summed E-state index contributed by atoms with van der Waals surface area (Å²) in [7, 11) is 3.08. The highest BCUT2D eigenvalue weighted by Gasteiger charge is 2.47. The largest absolute Gasteiger partial charge is 0.388 e. The highest BCUT2D eigenvalue weighted by molar-refractivity contribution is 5.97. The third kappa shape index (κ3) is 4.28. The Labute approximate surface area is 204 Å². The van der Waals surface area contributed by atoms with Crippen molar-refractivity contribution in [2.45, 2.75) is 44.4 Å². The number of hydrogen-bond donors (Lipinski definition) is 4. The molecule has 3 unspecified atom stereocenters. The maximum atomic E-state index is 13.3. The lowest BCUT2D eigenvalue weighted by Gasteiger charge is -2.46. The van der Waals surface area contributed by atoms with Crippen molar-refractivity contribution in [3.8, 4) is 5.69 Å². The minimum atomic E-state index is -0.975. The van der Waals surface area contributed by atoms with E-state index in [9.17, 15) is 14.7 Å². The third-order valence-electron chi connectivity index (χ3n) is 6.69. The number of anilines is 1. The van der Waals surface area contributed by atoms with E-state index in [-0.39, 0.29) is 11.6 Å². The van der Waals surface area contributed by atoms with Gasteiger partial charge in [-0.3, -0.25) is 10.1 Å². The minimum absolute atomic E-state index is 0.205. The Balaban J connectivity index is 1.68. The van der Waals surface area contributed by atoms with Gasteiger partial charge in [-0.15, -0.1) is 0 Å². The molecule has 9 heteroatoms. The molecule has 3 aromatic rings. The predicted molar refractivity (Wildman–Crippen MR) is 133 cm³/mol. The zero-order valence-corrected chi connectivity index (χ0v) is 20.5. The summed E-state index contributed by atoms with van der Waals surface area (Å²) in [6, 6.07) is 15.7. The van der Waals surface area contributed by atoms with E-state index in [0.717, 1.165) is 11.1 Å². The fourth-order valence-electron chi connectivity index (χ4n) is 4.91. The first-order chi connectivity index (χ1) is 16.7. The molecule has 3 atom stereocenters. The molecule has 0 spiro atoms. The number of carbonyl (C=O) groups is 2. The second kappa shape index (κ2) is 9.52. The SMILES string of the molecule is CNC(=O)c1nn(-c2ccccc2)c(NC(=O)NC2c3ccccc3C(C)(C)C(OC)C2O)c1C. The van der Waals surface area contributed by atoms with E-state index in [2.05, 4.69) is 21.0 Å². The van der Waals surface area contributed by atoms with Crippen LogP contribution in [0.4, 0.5) is 10.6 Å². The summed E-state index contributed by atoms with van der Waals surface area (Å²) in [4.78, 5) is 25.6. The molecule has 9 nitrogen and oxygen atoms in total. The van der Waals surface area contributed by atoms with E-state index in [0.29, 0.717) is 17.1 Å². The summed E-state index contributed by atoms with van der Waals surface area (Å²) in [5.41, 5.74) is 2.78. The summed E-state index contributed by atoms with van der Waals surface area (Å²) in [6.07, 6.45) is -1.50. The Kier molecular flexibility index (Phi) is 6.64. The van der Waals surface area contributed by atoms with Crippen LogP contribution in [0.1, 0.15) is 47.1 Å². The van der Waals surface area contributed by atoms with E-state index < -0.39 is 29.7 Å². The molecule has 2 aromatic carbocycles. The molecule has 1 aliphatic carbocycles. The Morgan fingerprint density at radius 1 is 1.09 bits per heavy atom. The number of methoxy groups -OCH3 is 1. The smallest absolute Gasteiger partial charge is 0.320 e. The van der Waals surface area contributed by atoms with E-state index >= 15 is 0 Å². The molecule has 0 saturated heterocycles. The van der Waals surface area contributed by atoms with Gasteiger partial charge in [0.15, 0.2) is 5.69 Å². The number of nitrogens with zero attached hydrogens (tertiary/aromatic N) is 2. The molecule has 0 radical (unpaired) electrons. The average molecular weight is 478 g/mol.